The molecule has 4 rings (SSSR count). The largest absolute Gasteiger partial charge is 0.337 e. The highest BCUT2D eigenvalue weighted by molar-refractivity contribution is 7.19. The number of thiophene rings is 1. The van der Waals surface area contributed by atoms with Gasteiger partial charge in [-0.3, -0.25) is 4.79 Å². The lowest BCUT2D eigenvalue weighted by molar-refractivity contribution is -0.126. The molecule has 1 aromatic carbocycles. The van der Waals surface area contributed by atoms with E-state index in [-0.39, 0.29) is 11.6 Å². The van der Waals surface area contributed by atoms with Crippen LogP contribution in [0.1, 0.15) is 10.4 Å². The van der Waals surface area contributed by atoms with E-state index in [2.05, 4.69) is 15.3 Å². The van der Waals surface area contributed by atoms with Gasteiger partial charge in [-0.25, -0.2) is 14.4 Å². The second kappa shape index (κ2) is 8.67. The van der Waals surface area contributed by atoms with Crippen molar-refractivity contribution in [3.63, 3.8) is 0 Å². The summed E-state index contributed by atoms with van der Waals surface area (Å²) in [7, 11) is 3.92. The Bertz CT molecular complexity index is 1130. The van der Waals surface area contributed by atoms with Gasteiger partial charge in [0.2, 0.25) is 5.91 Å². The lowest BCUT2D eigenvalue weighted by Crippen LogP contribution is -2.34. The number of amides is 1. The minimum absolute atomic E-state index is 0.00499. The zero-order valence-corrected chi connectivity index (χ0v) is 18.2. The van der Waals surface area contributed by atoms with Crippen molar-refractivity contribution in [2.45, 2.75) is 13.0 Å². The smallest absolute Gasteiger partial charge is 0.246 e. The Morgan fingerprint density at radius 3 is 3.03 bits per heavy atom. The fourth-order valence-corrected chi connectivity index (χ4v) is 4.78. The number of likely N-dealkylation sites (N-methyl/N-ethyl adjacent to an activating group) is 1. The number of nitrogens with zero attached hydrogens (tertiary/aromatic N) is 4. The third-order valence-electron chi connectivity index (χ3n) is 4.86. The SMILES string of the molecule is CN(C)CC=CC(=O)N1CCc2c(sc3ncnc(Nc4cc(Cl)ccc4F)c23)C1. The van der Waals surface area contributed by atoms with Gasteiger partial charge in [0.25, 0.3) is 0 Å². The molecule has 30 heavy (non-hydrogen) atoms. The van der Waals surface area contributed by atoms with Crippen molar-refractivity contribution in [1.82, 2.24) is 19.8 Å². The molecule has 0 unspecified atom stereocenters. The normalized spacial score (nSPS) is 14.0. The summed E-state index contributed by atoms with van der Waals surface area (Å²) >= 11 is 7.56. The zero-order chi connectivity index (χ0) is 21.3. The van der Waals surface area contributed by atoms with Crippen LogP contribution in [0.4, 0.5) is 15.9 Å². The minimum Gasteiger partial charge on any atom is -0.337 e. The zero-order valence-electron chi connectivity index (χ0n) is 16.7. The molecule has 6 nitrogen and oxygen atoms in total. The molecule has 0 saturated carbocycles. The summed E-state index contributed by atoms with van der Waals surface area (Å²) < 4.78 is 14.2. The van der Waals surface area contributed by atoms with Gasteiger partial charge in [-0.2, -0.15) is 0 Å². The van der Waals surface area contributed by atoms with Crippen LogP contribution in [0.25, 0.3) is 10.2 Å². The highest BCUT2D eigenvalue weighted by Gasteiger charge is 2.25. The maximum atomic E-state index is 14.2. The van der Waals surface area contributed by atoms with Crippen LogP contribution in [-0.4, -0.2) is 52.9 Å². The van der Waals surface area contributed by atoms with Gasteiger partial charge in [-0.1, -0.05) is 17.7 Å². The summed E-state index contributed by atoms with van der Waals surface area (Å²) in [5.74, 6) is 0.145. The first-order valence-corrected chi connectivity index (χ1v) is 10.7. The molecule has 0 radical (unpaired) electrons. The van der Waals surface area contributed by atoms with Crippen LogP contribution in [0.3, 0.4) is 0 Å². The maximum Gasteiger partial charge on any atom is 0.246 e. The first-order chi connectivity index (χ1) is 14.4. The van der Waals surface area contributed by atoms with E-state index < -0.39 is 5.82 Å². The molecule has 2 aromatic heterocycles. The number of carbonyl (C=O) groups is 1. The molecule has 0 bridgehead atoms. The number of carbonyl (C=O) groups excluding carboxylic acids is 1. The number of hydrogen-bond donors (Lipinski definition) is 1. The lowest BCUT2D eigenvalue weighted by atomic mass is 10.0. The van der Waals surface area contributed by atoms with Crippen LogP contribution >= 0.6 is 22.9 Å². The van der Waals surface area contributed by atoms with Gasteiger partial charge in [0.15, 0.2) is 0 Å². The van der Waals surface area contributed by atoms with E-state index in [9.17, 15) is 9.18 Å². The number of hydrogen-bond acceptors (Lipinski definition) is 6. The number of aromatic nitrogens is 2. The van der Waals surface area contributed by atoms with Crippen LogP contribution in [0.15, 0.2) is 36.7 Å². The molecule has 0 saturated heterocycles. The van der Waals surface area contributed by atoms with E-state index in [1.807, 2.05) is 30.0 Å². The molecule has 3 aromatic rings. The Balaban J connectivity index is 1.61. The first kappa shape index (κ1) is 20.7. The number of anilines is 2. The van der Waals surface area contributed by atoms with Crippen LogP contribution in [0.2, 0.25) is 5.02 Å². The quantitative estimate of drug-likeness (QED) is 0.595. The average molecular weight is 446 g/mol. The van der Waals surface area contributed by atoms with Gasteiger partial charge in [-0.05, 0) is 44.3 Å². The monoisotopic (exact) mass is 445 g/mol. The topological polar surface area (TPSA) is 61.4 Å². The van der Waals surface area contributed by atoms with Crippen molar-refractivity contribution in [2.24, 2.45) is 0 Å². The van der Waals surface area contributed by atoms with Crippen molar-refractivity contribution in [2.75, 3.05) is 32.5 Å². The standard InChI is InChI=1S/C21H21ClFN5OS/c1-27(2)8-3-4-18(29)28-9-7-14-17(11-28)30-21-19(14)20(24-12-25-21)26-16-10-13(22)5-6-15(16)23/h3-6,10,12H,7-9,11H2,1-2H3,(H,24,25,26). The molecular weight excluding hydrogens is 425 g/mol. The molecule has 9 heteroatoms. The Morgan fingerprint density at radius 2 is 2.23 bits per heavy atom. The number of fused-ring (bicyclic) bond motifs is 3. The van der Waals surface area contributed by atoms with Gasteiger partial charge >= 0.3 is 0 Å². The number of rotatable bonds is 5. The second-order valence-electron chi connectivity index (χ2n) is 7.33. The summed E-state index contributed by atoms with van der Waals surface area (Å²) in [6.07, 6.45) is 5.66. The van der Waals surface area contributed by atoms with Crippen molar-refractivity contribution < 1.29 is 9.18 Å². The Kier molecular flexibility index (Phi) is 5.99. The Morgan fingerprint density at radius 1 is 1.40 bits per heavy atom. The van der Waals surface area contributed by atoms with Gasteiger partial charge in [0.05, 0.1) is 17.6 Å². The summed E-state index contributed by atoms with van der Waals surface area (Å²) in [6, 6.07) is 4.35. The fourth-order valence-electron chi connectivity index (χ4n) is 3.40. The molecule has 1 amide bonds. The van der Waals surface area contributed by atoms with Crippen molar-refractivity contribution in [3.05, 3.63) is 58.0 Å². The van der Waals surface area contributed by atoms with Crippen LogP contribution in [0, 0.1) is 5.82 Å². The molecule has 0 fully saturated rings. The van der Waals surface area contributed by atoms with Crippen LogP contribution in [-0.2, 0) is 17.8 Å². The molecule has 1 N–H and O–H groups in total. The predicted octanol–water partition coefficient (Wildman–Crippen LogP) is 4.23. The molecular formula is C21H21ClFN5OS. The third-order valence-corrected chi connectivity index (χ3v) is 6.22. The van der Waals surface area contributed by atoms with Crippen molar-refractivity contribution in [3.8, 4) is 0 Å². The fraction of sp³-hybridized carbons (Fsp3) is 0.286. The number of benzene rings is 1. The third kappa shape index (κ3) is 4.30. The molecule has 1 aliphatic heterocycles. The molecule has 0 aliphatic carbocycles. The highest BCUT2D eigenvalue weighted by Crippen LogP contribution is 2.38. The van der Waals surface area contributed by atoms with Gasteiger partial charge in [-0.15, -0.1) is 11.3 Å². The number of halogens is 2. The number of nitrogens with one attached hydrogen (secondary N) is 1. The summed E-state index contributed by atoms with van der Waals surface area (Å²) in [5, 5.41) is 4.38. The first-order valence-electron chi connectivity index (χ1n) is 9.50. The van der Waals surface area contributed by atoms with Gasteiger partial charge in [0.1, 0.15) is 22.8 Å². The van der Waals surface area contributed by atoms with E-state index in [0.29, 0.717) is 30.4 Å². The average Bonchev–Trinajstić information content (AvgIpc) is 3.09. The molecule has 3 heterocycles. The van der Waals surface area contributed by atoms with E-state index in [4.69, 9.17) is 11.6 Å². The molecule has 1 aliphatic rings. The van der Waals surface area contributed by atoms with Gasteiger partial charge < -0.3 is 15.1 Å². The second-order valence-corrected chi connectivity index (χ2v) is 8.85. The van der Waals surface area contributed by atoms with Crippen molar-refractivity contribution in [1.29, 1.82) is 0 Å². The van der Waals surface area contributed by atoms with E-state index in [1.165, 1.54) is 24.5 Å². The van der Waals surface area contributed by atoms with Crippen molar-refractivity contribution >= 4 is 50.6 Å². The van der Waals surface area contributed by atoms with Crippen LogP contribution < -0.4 is 5.32 Å². The Labute approximate surface area is 183 Å². The summed E-state index contributed by atoms with van der Waals surface area (Å²) in [5.41, 5.74) is 1.38. The predicted molar refractivity (Wildman–Crippen MR) is 119 cm³/mol. The molecule has 0 spiro atoms. The summed E-state index contributed by atoms with van der Waals surface area (Å²) in [6.45, 7) is 1.87. The molecule has 156 valence electrons. The lowest BCUT2D eigenvalue weighted by Gasteiger charge is -2.26. The highest BCUT2D eigenvalue weighted by atomic mass is 35.5. The minimum atomic E-state index is -0.406. The van der Waals surface area contributed by atoms with E-state index in [0.717, 1.165) is 27.2 Å². The Hall–Kier alpha value is -2.55. The van der Waals surface area contributed by atoms with Gasteiger partial charge in [0, 0.05) is 29.1 Å². The summed E-state index contributed by atoms with van der Waals surface area (Å²) in [4.78, 5) is 27.0. The van der Waals surface area contributed by atoms with E-state index >= 15 is 0 Å². The maximum absolute atomic E-state index is 14.2. The van der Waals surface area contributed by atoms with E-state index in [1.54, 1.807) is 17.4 Å². The molecule has 0 atom stereocenters. The van der Waals surface area contributed by atoms with Crippen LogP contribution in [0.5, 0.6) is 0 Å².